The number of oxazole rings is 1. The maximum absolute atomic E-state index is 5.74. The number of fused-ring (bicyclic) bond motifs is 1. The van der Waals surface area contributed by atoms with Crippen molar-refractivity contribution in [3.8, 4) is 5.75 Å². The predicted octanol–water partition coefficient (Wildman–Crippen LogP) is 2.89. The maximum atomic E-state index is 5.74. The molecule has 20 heavy (non-hydrogen) atoms. The minimum absolute atomic E-state index is 0.511. The van der Waals surface area contributed by atoms with Crippen LogP contribution in [-0.4, -0.2) is 12.1 Å². The first-order chi connectivity index (χ1) is 9.78. The number of aromatic nitrogens is 1. The summed E-state index contributed by atoms with van der Waals surface area (Å²) < 4.78 is 10.9. The highest BCUT2D eigenvalue weighted by molar-refractivity contribution is 5.73. The Morgan fingerprint density at radius 3 is 2.55 bits per heavy atom. The lowest BCUT2D eigenvalue weighted by molar-refractivity contribution is 0.414. The van der Waals surface area contributed by atoms with Crippen LogP contribution in [0.4, 0.5) is 0 Å². The van der Waals surface area contributed by atoms with Crippen molar-refractivity contribution in [2.24, 2.45) is 5.73 Å². The van der Waals surface area contributed by atoms with Crippen molar-refractivity contribution in [2.45, 2.75) is 13.0 Å². The second-order valence-corrected chi connectivity index (χ2v) is 4.64. The van der Waals surface area contributed by atoms with Gasteiger partial charge in [-0.25, -0.2) is 4.98 Å². The van der Waals surface area contributed by atoms with Crippen molar-refractivity contribution in [1.29, 1.82) is 0 Å². The number of hydrogen-bond acceptors (Lipinski definition) is 4. The van der Waals surface area contributed by atoms with E-state index in [4.69, 9.17) is 14.9 Å². The monoisotopic (exact) mass is 268 g/mol. The van der Waals surface area contributed by atoms with E-state index in [1.54, 1.807) is 7.11 Å². The van der Waals surface area contributed by atoms with E-state index >= 15 is 0 Å². The highest BCUT2D eigenvalue weighted by Gasteiger charge is 2.07. The lowest BCUT2D eigenvalue weighted by atomic mass is 10.1. The fourth-order valence-electron chi connectivity index (χ4n) is 2.14. The molecular weight excluding hydrogens is 252 g/mol. The molecule has 1 aromatic heterocycles. The summed E-state index contributed by atoms with van der Waals surface area (Å²) in [5.41, 5.74) is 9.48. The van der Waals surface area contributed by atoms with Gasteiger partial charge in [0, 0.05) is 13.0 Å². The zero-order chi connectivity index (χ0) is 13.9. The highest BCUT2D eigenvalue weighted by atomic mass is 16.5. The van der Waals surface area contributed by atoms with Crippen molar-refractivity contribution in [3.63, 3.8) is 0 Å². The van der Waals surface area contributed by atoms with Crippen LogP contribution in [0.15, 0.2) is 46.9 Å². The summed E-state index contributed by atoms with van der Waals surface area (Å²) >= 11 is 0. The fourth-order valence-corrected chi connectivity index (χ4v) is 2.14. The van der Waals surface area contributed by atoms with Gasteiger partial charge in [-0.1, -0.05) is 18.2 Å². The van der Waals surface area contributed by atoms with E-state index in [0.717, 1.165) is 28.0 Å². The summed E-state index contributed by atoms with van der Waals surface area (Å²) in [6, 6.07) is 13.7. The molecule has 0 aliphatic rings. The molecule has 0 atom stereocenters. The molecule has 0 spiro atoms. The summed E-state index contributed by atoms with van der Waals surface area (Å²) in [6.45, 7) is 0.511. The molecule has 0 aliphatic heterocycles. The molecule has 0 amide bonds. The van der Waals surface area contributed by atoms with Crippen LogP contribution in [0.5, 0.6) is 5.75 Å². The molecule has 2 aromatic carbocycles. The fraction of sp³-hybridized carbons (Fsp3) is 0.188. The summed E-state index contributed by atoms with van der Waals surface area (Å²) in [6.07, 6.45) is 0.663. The smallest absolute Gasteiger partial charge is 0.199 e. The first-order valence-corrected chi connectivity index (χ1v) is 6.50. The summed E-state index contributed by atoms with van der Waals surface area (Å²) in [4.78, 5) is 4.51. The zero-order valence-electron chi connectivity index (χ0n) is 11.3. The molecule has 0 unspecified atom stereocenters. The third-order valence-electron chi connectivity index (χ3n) is 3.25. The van der Waals surface area contributed by atoms with Crippen LogP contribution in [0.1, 0.15) is 17.0 Å². The first-order valence-electron chi connectivity index (χ1n) is 6.50. The van der Waals surface area contributed by atoms with E-state index < -0.39 is 0 Å². The Balaban J connectivity index is 1.86. The van der Waals surface area contributed by atoms with Crippen molar-refractivity contribution in [1.82, 2.24) is 4.98 Å². The van der Waals surface area contributed by atoms with Crippen LogP contribution in [-0.2, 0) is 13.0 Å². The molecule has 0 aliphatic carbocycles. The standard InChI is InChI=1S/C16H16N2O2/c1-19-13-5-2-11(3-6-13)9-16-18-14-8-12(10-17)4-7-15(14)20-16/h2-8H,9-10,17H2,1H3. The van der Waals surface area contributed by atoms with Gasteiger partial charge in [-0.2, -0.15) is 0 Å². The number of nitrogens with zero attached hydrogens (tertiary/aromatic N) is 1. The van der Waals surface area contributed by atoms with Crippen LogP contribution in [0, 0.1) is 0 Å². The zero-order valence-corrected chi connectivity index (χ0v) is 11.3. The van der Waals surface area contributed by atoms with Gasteiger partial charge in [-0.15, -0.1) is 0 Å². The van der Waals surface area contributed by atoms with Crippen molar-refractivity contribution in [3.05, 3.63) is 59.5 Å². The van der Waals surface area contributed by atoms with Gasteiger partial charge in [-0.3, -0.25) is 0 Å². The maximum Gasteiger partial charge on any atom is 0.199 e. The van der Waals surface area contributed by atoms with Gasteiger partial charge < -0.3 is 14.9 Å². The van der Waals surface area contributed by atoms with Gasteiger partial charge in [0.15, 0.2) is 11.5 Å². The van der Waals surface area contributed by atoms with Crippen molar-refractivity contribution < 1.29 is 9.15 Å². The third-order valence-corrected chi connectivity index (χ3v) is 3.25. The summed E-state index contributed by atoms with van der Waals surface area (Å²) in [7, 11) is 1.66. The SMILES string of the molecule is COc1ccc(Cc2nc3cc(CN)ccc3o2)cc1. The van der Waals surface area contributed by atoms with E-state index in [1.807, 2.05) is 42.5 Å². The second-order valence-electron chi connectivity index (χ2n) is 4.64. The molecule has 3 rings (SSSR count). The van der Waals surface area contributed by atoms with E-state index in [9.17, 15) is 0 Å². The molecule has 4 heteroatoms. The van der Waals surface area contributed by atoms with Crippen molar-refractivity contribution in [2.75, 3.05) is 7.11 Å². The number of rotatable bonds is 4. The molecule has 4 nitrogen and oxygen atoms in total. The van der Waals surface area contributed by atoms with Crippen LogP contribution in [0.3, 0.4) is 0 Å². The quantitative estimate of drug-likeness (QED) is 0.790. The number of nitrogens with two attached hydrogens (primary N) is 1. The van der Waals surface area contributed by atoms with E-state index in [0.29, 0.717) is 18.9 Å². The summed E-state index contributed by atoms with van der Waals surface area (Å²) in [5.74, 6) is 1.55. The minimum Gasteiger partial charge on any atom is -0.497 e. The van der Waals surface area contributed by atoms with Gasteiger partial charge in [0.2, 0.25) is 0 Å². The molecular formula is C16H16N2O2. The Bertz CT molecular complexity index is 717. The number of hydrogen-bond donors (Lipinski definition) is 1. The van der Waals surface area contributed by atoms with Gasteiger partial charge in [0.25, 0.3) is 0 Å². The average Bonchev–Trinajstić information content (AvgIpc) is 2.89. The van der Waals surface area contributed by atoms with Gasteiger partial charge in [-0.05, 0) is 35.4 Å². The molecule has 0 radical (unpaired) electrons. The first kappa shape index (κ1) is 12.7. The second kappa shape index (κ2) is 5.35. The molecule has 3 aromatic rings. The van der Waals surface area contributed by atoms with Gasteiger partial charge in [0.05, 0.1) is 7.11 Å². The normalized spacial score (nSPS) is 10.9. The highest BCUT2D eigenvalue weighted by Crippen LogP contribution is 2.20. The van der Waals surface area contributed by atoms with E-state index in [1.165, 1.54) is 0 Å². The van der Waals surface area contributed by atoms with E-state index in [2.05, 4.69) is 4.98 Å². The van der Waals surface area contributed by atoms with Crippen molar-refractivity contribution >= 4 is 11.1 Å². The Kier molecular flexibility index (Phi) is 3.39. The number of methoxy groups -OCH3 is 1. The topological polar surface area (TPSA) is 61.3 Å². The predicted molar refractivity (Wildman–Crippen MR) is 77.7 cm³/mol. The molecule has 102 valence electrons. The molecule has 2 N–H and O–H groups in total. The van der Waals surface area contributed by atoms with Gasteiger partial charge >= 0.3 is 0 Å². The molecule has 0 bridgehead atoms. The molecule has 1 heterocycles. The minimum atomic E-state index is 0.511. The Hall–Kier alpha value is -2.33. The average molecular weight is 268 g/mol. The van der Waals surface area contributed by atoms with E-state index in [-0.39, 0.29) is 0 Å². The number of ether oxygens (including phenoxy) is 1. The van der Waals surface area contributed by atoms with Crippen LogP contribution in [0.25, 0.3) is 11.1 Å². The Labute approximate surface area is 117 Å². The lowest BCUT2D eigenvalue weighted by Gasteiger charge is -2.00. The summed E-state index contributed by atoms with van der Waals surface area (Å²) in [5, 5.41) is 0. The third kappa shape index (κ3) is 2.51. The van der Waals surface area contributed by atoms with Gasteiger partial charge in [0.1, 0.15) is 11.3 Å². The Morgan fingerprint density at radius 1 is 1.10 bits per heavy atom. The number of benzene rings is 2. The molecule has 0 fully saturated rings. The van der Waals surface area contributed by atoms with Crippen LogP contribution < -0.4 is 10.5 Å². The molecule has 0 saturated carbocycles. The Morgan fingerprint density at radius 2 is 1.85 bits per heavy atom. The van der Waals surface area contributed by atoms with Crippen LogP contribution in [0.2, 0.25) is 0 Å². The molecule has 0 saturated heterocycles. The van der Waals surface area contributed by atoms with Crippen LogP contribution >= 0.6 is 0 Å². The lowest BCUT2D eigenvalue weighted by Crippen LogP contribution is -1.95. The largest absolute Gasteiger partial charge is 0.497 e.